The number of nitrogens with zero attached hydrogens (tertiary/aromatic N) is 3. The minimum Gasteiger partial charge on any atom is -0.341 e. The van der Waals surface area contributed by atoms with Gasteiger partial charge in [-0.3, -0.25) is 14.2 Å². The van der Waals surface area contributed by atoms with Crippen LogP contribution < -0.4 is 10.9 Å². The van der Waals surface area contributed by atoms with Gasteiger partial charge >= 0.3 is 0 Å². The Balaban J connectivity index is 1.47. The number of para-hydroxylation sites is 1. The molecular formula is C18H22N4O2. The number of hydrogen-bond donors (Lipinski definition) is 1. The van der Waals surface area contributed by atoms with E-state index in [0.717, 1.165) is 39.0 Å². The van der Waals surface area contributed by atoms with Gasteiger partial charge in [-0.15, -0.1) is 0 Å². The fraction of sp³-hybridized carbons (Fsp3) is 0.500. The first-order chi connectivity index (χ1) is 11.7. The maximum absolute atomic E-state index is 12.6. The summed E-state index contributed by atoms with van der Waals surface area (Å²) in [5, 5.41) is 3.99. The molecule has 1 amide bonds. The average Bonchev–Trinajstić information content (AvgIpc) is 3.06. The van der Waals surface area contributed by atoms with Crippen LogP contribution in [0.1, 0.15) is 19.3 Å². The van der Waals surface area contributed by atoms with Gasteiger partial charge < -0.3 is 10.2 Å². The van der Waals surface area contributed by atoms with Gasteiger partial charge in [0.05, 0.1) is 17.2 Å². The lowest BCUT2D eigenvalue weighted by atomic mass is 9.78. The normalized spacial score (nSPS) is 19.9. The quantitative estimate of drug-likeness (QED) is 0.894. The van der Waals surface area contributed by atoms with Crippen LogP contribution in [0.3, 0.4) is 0 Å². The number of carbonyl (C=O) groups is 1. The van der Waals surface area contributed by atoms with Crippen molar-refractivity contribution in [3.8, 4) is 0 Å². The fourth-order valence-corrected chi connectivity index (χ4v) is 3.92. The molecule has 0 atom stereocenters. The zero-order valence-corrected chi connectivity index (χ0v) is 13.7. The van der Waals surface area contributed by atoms with Crippen molar-refractivity contribution < 1.29 is 4.79 Å². The molecule has 1 N–H and O–H groups in total. The van der Waals surface area contributed by atoms with E-state index in [0.29, 0.717) is 16.3 Å². The molecule has 0 bridgehead atoms. The van der Waals surface area contributed by atoms with Gasteiger partial charge in [0.2, 0.25) is 5.91 Å². The van der Waals surface area contributed by atoms with Crippen LogP contribution in [0.15, 0.2) is 35.4 Å². The van der Waals surface area contributed by atoms with Crippen molar-refractivity contribution in [1.29, 1.82) is 0 Å². The minimum atomic E-state index is -0.151. The van der Waals surface area contributed by atoms with Gasteiger partial charge in [0.1, 0.15) is 6.54 Å². The molecule has 4 rings (SSSR count). The second-order valence-corrected chi connectivity index (χ2v) is 7.00. The Morgan fingerprint density at radius 3 is 2.75 bits per heavy atom. The maximum atomic E-state index is 12.6. The topological polar surface area (TPSA) is 67.2 Å². The number of hydrogen-bond acceptors (Lipinski definition) is 4. The summed E-state index contributed by atoms with van der Waals surface area (Å²) in [4.78, 5) is 31.3. The first-order valence-corrected chi connectivity index (χ1v) is 8.60. The lowest BCUT2D eigenvalue weighted by Crippen LogP contribution is -2.45. The van der Waals surface area contributed by atoms with Crippen LogP contribution in [0.5, 0.6) is 0 Å². The third kappa shape index (κ3) is 2.71. The molecule has 2 aliphatic heterocycles. The number of aromatic nitrogens is 2. The van der Waals surface area contributed by atoms with Crippen molar-refractivity contribution in [2.45, 2.75) is 25.8 Å². The molecule has 6 nitrogen and oxygen atoms in total. The predicted molar refractivity (Wildman–Crippen MR) is 91.7 cm³/mol. The number of nitrogens with one attached hydrogen (secondary N) is 1. The standard InChI is InChI=1S/C18H22N4O2/c23-16(21-9-6-18(7-10-21)5-8-19-12-18)11-22-13-20-15-4-2-1-3-14(15)17(22)24/h1-4,13,19H,5-12H2. The van der Waals surface area contributed by atoms with Crippen molar-refractivity contribution >= 4 is 16.8 Å². The van der Waals surface area contributed by atoms with Crippen LogP contribution in [0.4, 0.5) is 0 Å². The van der Waals surface area contributed by atoms with Crippen LogP contribution in [0.2, 0.25) is 0 Å². The Hall–Kier alpha value is -2.21. The summed E-state index contributed by atoms with van der Waals surface area (Å²) in [7, 11) is 0. The molecule has 1 spiro atoms. The smallest absolute Gasteiger partial charge is 0.261 e. The highest BCUT2D eigenvalue weighted by Gasteiger charge is 2.37. The summed E-state index contributed by atoms with van der Waals surface area (Å²) in [6, 6.07) is 7.23. The van der Waals surface area contributed by atoms with E-state index in [1.165, 1.54) is 17.3 Å². The Kier molecular flexibility index (Phi) is 3.84. The molecule has 0 aliphatic carbocycles. The minimum absolute atomic E-state index is 0.00925. The highest BCUT2D eigenvalue weighted by atomic mass is 16.2. The molecule has 2 saturated heterocycles. The summed E-state index contributed by atoms with van der Waals surface area (Å²) in [6.45, 7) is 3.81. The van der Waals surface area contributed by atoms with E-state index in [9.17, 15) is 9.59 Å². The van der Waals surface area contributed by atoms with Crippen molar-refractivity contribution in [3.05, 3.63) is 40.9 Å². The third-order valence-corrected chi connectivity index (χ3v) is 5.55. The maximum Gasteiger partial charge on any atom is 0.261 e. The predicted octanol–water partition coefficient (Wildman–Crippen LogP) is 0.999. The molecule has 1 aromatic carbocycles. The molecule has 2 aromatic rings. The van der Waals surface area contributed by atoms with E-state index in [4.69, 9.17) is 0 Å². The van der Waals surface area contributed by atoms with Gasteiger partial charge in [0.15, 0.2) is 0 Å². The SMILES string of the molecule is O=C(Cn1cnc2ccccc2c1=O)N1CCC2(CCNC2)CC1. The molecule has 0 unspecified atom stereocenters. The van der Waals surface area contributed by atoms with Gasteiger partial charge in [-0.1, -0.05) is 12.1 Å². The van der Waals surface area contributed by atoms with E-state index in [-0.39, 0.29) is 18.0 Å². The first kappa shape index (κ1) is 15.3. The van der Waals surface area contributed by atoms with Crippen molar-refractivity contribution in [2.75, 3.05) is 26.2 Å². The van der Waals surface area contributed by atoms with E-state index < -0.39 is 0 Å². The number of fused-ring (bicyclic) bond motifs is 1. The number of rotatable bonds is 2. The fourth-order valence-electron chi connectivity index (χ4n) is 3.92. The van der Waals surface area contributed by atoms with Gasteiger partial charge in [0.25, 0.3) is 5.56 Å². The monoisotopic (exact) mass is 326 g/mol. The molecule has 6 heteroatoms. The van der Waals surface area contributed by atoms with Crippen molar-refractivity contribution in [2.24, 2.45) is 5.41 Å². The van der Waals surface area contributed by atoms with Crippen LogP contribution >= 0.6 is 0 Å². The highest BCUT2D eigenvalue weighted by Crippen LogP contribution is 2.36. The highest BCUT2D eigenvalue weighted by molar-refractivity contribution is 5.79. The molecule has 2 fully saturated rings. The summed E-state index contributed by atoms with van der Waals surface area (Å²) >= 11 is 0. The van der Waals surface area contributed by atoms with Crippen molar-refractivity contribution in [1.82, 2.24) is 19.8 Å². The van der Waals surface area contributed by atoms with E-state index in [1.807, 2.05) is 23.1 Å². The first-order valence-electron chi connectivity index (χ1n) is 8.60. The van der Waals surface area contributed by atoms with Crippen molar-refractivity contribution in [3.63, 3.8) is 0 Å². The van der Waals surface area contributed by atoms with E-state index >= 15 is 0 Å². The molecule has 1 aromatic heterocycles. The Bertz CT molecular complexity index is 813. The Labute approximate surface area is 140 Å². The summed E-state index contributed by atoms with van der Waals surface area (Å²) in [5.41, 5.74) is 0.903. The number of piperidine rings is 1. The van der Waals surface area contributed by atoms with Crippen LogP contribution in [0, 0.1) is 5.41 Å². The molecule has 0 saturated carbocycles. The molecule has 3 heterocycles. The number of amides is 1. The van der Waals surface area contributed by atoms with Gasteiger partial charge in [0, 0.05) is 19.6 Å². The average molecular weight is 326 g/mol. The summed E-state index contributed by atoms with van der Waals surface area (Å²) in [5.74, 6) is 0.00925. The van der Waals surface area contributed by atoms with Gasteiger partial charge in [-0.05, 0) is 43.4 Å². The molecule has 24 heavy (non-hydrogen) atoms. The van der Waals surface area contributed by atoms with Gasteiger partial charge in [-0.2, -0.15) is 0 Å². The molecule has 2 aliphatic rings. The van der Waals surface area contributed by atoms with E-state index in [1.54, 1.807) is 6.07 Å². The van der Waals surface area contributed by atoms with Gasteiger partial charge in [-0.25, -0.2) is 4.98 Å². The van der Waals surface area contributed by atoms with Crippen LogP contribution in [-0.2, 0) is 11.3 Å². The zero-order valence-electron chi connectivity index (χ0n) is 13.7. The van der Waals surface area contributed by atoms with Crippen LogP contribution in [-0.4, -0.2) is 46.5 Å². The number of benzene rings is 1. The van der Waals surface area contributed by atoms with Crippen LogP contribution in [0.25, 0.3) is 10.9 Å². The number of carbonyl (C=O) groups excluding carboxylic acids is 1. The lowest BCUT2D eigenvalue weighted by molar-refractivity contribution is -0.134. The number of likely N-dealkylation sites (tertiary alicyclic amines) is 1. The Morgan fingerprint density at radius 1 is 1.21 bits per heavy atom. The largest absolute Gasteiger partial charge is 0.341 e. The second kappa shape index (κ2) is 6.02. The summed E-state index contributed by atoms with van der Waals surface area (Å²) in [6.07, 6.45) is 4.80. The zero-order chi connectivity index (χ0) is 16.6. The third-order valence-electron chi connectivity index (χ3n) is 5.55. The Morgan fingerprint density at radius 2 is 2.00 bits per heavy atom. The molecule has 126 valence electrons. The second-order valence-electron chi connectivity index (χ2n) is 7.00. The molecule has 0 radical (unpaired) electrons. The lowest BCUT2D eigenvalue weighted by Gasteiger charge is -2.38. The van der Waals surface area contributed by atoms with E-state index in [2.05, 4.69) is 10.3 Å². The molecular weight excluding hydrogens is 304 g/mol. The summed E-state index contributed by atoms with van der Waals surface area (Å²) < 4.78 is 1.42.